The van der Waals surface area contributed by atoms with Crippen LogP contribution in [0.2, 0.25) is 0 Å². The van der Waals surface area contributed by atoms with Gasteiger partial charge in [0.25, 0.3) is 0 Å². The molecule has 0 bridgehead atoms. The van der Waals surface area contributed by atoms with Crippen LogP contribution in [-0.2, 0) is 4.79 Å². The van der Waals surface area contributed by atoms with Gasteiger partial charge in [-0.05, 0) is 64.3 Å². The van der Waals surface area contributed by atoms with Gasteiger partial charge in [0.05, 0.1) is 13.7 Å². The monoisotopic (exact) mass is 349 g/mol. The van der Waals surface area contributed by atoms with E-state index in [0.717, 1.165) is 31.1 Å². The summed E-state index contributed by atoms with van der Waals surface area (Å²) in [5.41, 5.74) is 0. The zero-order valence-electron chi connectivity index (χ0n) is 15.7. The molecule has 0 radical (unpaired) electrons. The molecular formula is C19H31N3O3. The topological polar surface area (TPSA) is 54.0 Å². The molecule has 1 heterocycles. The highest BCUT2D eigenvalue weighted by atomic mass is 16.5. The Hall–Kier alpha value is -1.79. The number of ether oxygens (including phenoxy) is 2. The van der Waals surface area contributed by atoms with Crippen molar-refractivity contribution in [3.8, 4) is 11.5 Å². The van der Waals surface area contributed by atoms with Crippen molar-refractivity contribution in [2.45, 2.75) is 25.3 Å². The van der Waals surface area contributed by atoms with Crippen molar-refractivity contribution in [3.63, 3.8) is 0 Å². The van der Waals surface area contributed by atoms with Gasteiger partial charge in [-0.3, -0.25) is 4.79 Å². The molecule has 1 aliphatic rings. The normalized spacial score (nSPS) is 16.0. The summed E-state index contributed by atoms with van der Waals surface area (Å²) in [6.45, 7) is 4.07. The zero-order chi connectivity index (χ0) is 18.1. The minimum absolute atomic E-state index is 0.0816. The molecule has 2 rings (SSSR count). The molecule has 0 aliphatic carbocycles. The van der Waals surface area contributed by atoms with Gasteiger partial charge in [-0.25, -0.2) is 0 Å². The van der Waals surface area contributed by atoms with Crippen LogP contribution in [-0.4, -0.2) is 75.7 Å². The second kappa shape index (κ2) is 10.3. The lowest BCUT2D eigenvalue weighted by atomic mass is 10.0. The first-order valence-electron chi connectivity index (χ1n) is 9.01. The first-order valence-corrected chi connectivity index (χ1v) is 9.01. The number of amides is 1. The number of benzene rings is 1. The van der Waals surface area contributed by atoms with E-state index >= 15 is 0 Å². The minimum atomic E-state index is 0.0816. The molecule has 1 aliphatic heterocycles. The van der Waals surface area contributed by atoms with Crippen molar-refractivity contribution < 1.29 is 14.3 Å². The van der Waals surface area contributed by atoms with Crippen LogP contribution in [0.3, 0.4) is 0 Å². The molecule has 0 aromatic heterocycles. The molecule has 0 spiro atoms. The van der Waals surface area contributed by atoms with E-state index in [2.05, 4.69) is 29.2 Å². The van der Waals surface area contributed by atoms with Crippen LogP contribution in [0, 0.1) is 0 Å². The van der Waals surface area contributed by atoms with Gasteiger partial charge in [0.2, 0.25) is 5.91 Å². The second-order valence-corrected chi connectivity index (χ2v) is 6.64. The molecule has 1 fully saturated rings. The number of carbonyl (C=O) groups excluding carboxylic acids is 1. The Bertz CT molecular complexity index is 513. The number of hydrogen-bond donors (Lipinski definition) is 1. The van der Waals surface area contributed by atoms with Gasteiger partial charge < -0.3 is 24.6 Å². The first kappa shape index (κ1) is 19.5. The van der Waals surface area contributed by atoms with E-state index in [1.165, 1.54) is 12.8 Å². The summed E-state index contributed by atoms with van der Waals surface area (Å²) in [4.78, 5) is 16.6. The Balaban J connectivity index is 1.55. The van der Waals surface area contributed by atoms with E-state index in [0.29, 0.717) is 25.6 Å². The van der Waals surface area contributed by atoms with Crippen molar-refractivity contribution in [3.05, 3.63) is 24.3 Å². The Labute approximate surface area is 151 Å². The fourth-order valence-corrected chi connectivity index (χ4v) is 3.02. The third-order valence-electron chi connectivity index (χ3n) is 4.76. The molecule has 1 N–H and O–H groups in total. The molecule has 0 unspecified atom stereocenters. The highest BCUT2D eigenvalue weighted by molar-refractivity contribution is 5.76. The summed E-state index contributed by atoms with van der Waals surface area (Å²) in [6.07, 6.45) is 2.90. The summed E-state index contributed by atoms with van der Waals surface area (Å²) >= 11 is 0. The lowest BCUT2D eigenvalue weighted by molar-refractivity contribution is -0.121. The number of nitrogens with zero attached hydrogens (tertiary/aromatic N) is 2. The van der Waals surface area contributed by atoms with Crippen LogP contribution in [0.1, 0.15) is 19.3 Å². The van der Waals surface area contributed by atoms with E-state index in [9.17, 15) is 4.79 Å². The second-order valence-electron chi connectivity index (χ2n) is 6.64. The van der Waals surface area contributed by atoms with E-state index in [4.69, 9.17) is 9.47 Å². The summed E-state index contributed by atoms with van der Waals surface area (Å²) < 4.78 is 10.7. The van der Waals surface area contributed by atoms with Crippen LogP contribution >= 0.6 is 0 Å². The van der Waals surface area contributed by atoms with Crippen LogP contribution in [0.4, 0.5) is 0 Å². The quantitative estimate of drug-likeness (QED) is 0.687. The van der Waals surface area contributed by atoms with Gasteiger partial charge in [0.1, 0.15) is 18.1 Å². The number of hydrogen-bond acceptors (Lipinski definition) is 5. The van der Waals surface area contributed by atoms with E-state index in [-0.39, 0.29) is 5.91 Å². The first-order chi connectivity index (χ1) is 12.1. The van der Waals surface area contributed by atoms with Crippen molar-refractivity contribution in [1.82, 2.24) is 15.1 Å². The third-order valence-corrected chi connectivity index (χ3v) is 4.76. The predicted molar refractivity (Wildman–Crippen MR) is 99.3 cm³/mol. The number of carbonyl (C=O) groups is 1. The van der Waals surface area contributed by atoms with Crippen molar-refractivity contribution in [2.24, 2.45) is 0 Å². The molecule has 0 atom stereocenters. The maximum absolute atomic E-state index is 12.0. The molecule has 1 aromatic rings. The van der Waals surface area contributed by atoms with E-state index in [1.807, 2.05) is 24.3 Å². The summed E-state index contributed by atoms with van der Waals surface area (Å²) in [5, 5.41) is 2.92. The lowest BCUT2D eigenvalue weighted by Gasteiger charge is -2.35. The standard InChI is InChI=1S/C19H31N3O3/c1-21-12-8-16(9-13-21)22(2)14-10-19(23)20-11-15-25-18-6-4-17(24-3)5-7-18/h4-7,16H,8-15H2,1-3H3,(H,20,23). The van der Waals surface area contributed by atoms with Gasteiger partial charge in [0, 0.05) is 19.0 Å². The SMILES string of the molecule is COc1ccc(OCCNC(=O)CCN(C)C2CCN(C)CC2)cc1. The number of nitrogens with one attached hydrogen (secondary N) is 1. The summed E-state index contributed by atoms with van der Waals surface area (Å²) in [7, 11) is 5.92. The molecule has 1 aromatic carbocycles. The van der Waals surface area contributed by atoms with Crippen LogP contribution < -0.4 is 14.8 Å². The van der Waals surface area contributed by atoms with Gasteiger partial charge in [-0.15, -0.1) is 0 Å². The Kier molecular flexibility index (Phi) is 8.01. The molecular weight excluding hydrogens is 318 g/mol. The Morgan fingerprint density at radius 3 is 2.52 bits per heavy atom. The molecule has 1 amide bonds. The van der Waals surface area contributed by atoms with Crippen molar-refractivity contribution >= 4 is 5.91 Å². The number of rotatable bonds is 9. The Morgan fingerprint density at radius 1 is 1.24 bits per heavy atom. The fraction of sp³-hybridized carbons (Fsp3) is 0.632. The number of likely N-dealkylation sites (tertiary alicyclic amines) is 1. The molecule has 6 nitrogen and oxygen atoms in total. The van der Waals surface area contributed by atoms with Gasteiger partial charge >= 0.3 is 0 Å². The number of methoxy groups -OCH3 is 1. The average molecular weight is 349 g/mol. The third kappa shape index (κ3) is 6.92. The smallest absolute Gasteiger partial charge is 0.221 e. The highest BCUT2D eigenvalue weighted by Crippen LogP contribution is 2.16. The van der Waals surface area contributed by atoms with E-state index in [1.54, 1.807) is 7.11 Å². The van der Waals surface area contributed by atoms with Crippen LogP contribution in [0.15, 0.2) is 24.3 Å². The maximum Gasteiger partial charge on any atom is 0.221 e. The maximum atomic E-state index is 12.0. The largest absolute Gasteiger partial charge is 0.497 e. The average Bonchev–Trinajstić information content (AvgIpc) is 2.64. The predicted octanol–water partition coefficient (Wildman–Crippen LogP) is 1.61. The van der Waals surface area contributed by atoms with Gasteiger partial charge in [-0.2, -0.15) is 0 Å². The van der Waals surface area contributed by atoms with Crippen molar-refractivity contribution in [2.75, 3.05) is 54.0 Å². The van der Waals surface area contributed by atoms with E-state index < -0.39 is 0 Å². The molecule has 6 heteroatoms. The Morgan fingerprint density at radius 2 is 1.88 bits per heavy atom. The lowest BCUT2D eigenvalue weighted by Crippen LogP contribution is -2.43. The molecule has 25 heavy (non-hydrogen) atoms. The molecule has 1 saturated heterocycles. The molecule has 140 valence electrons. The molecule has 0 saturated carbocycles. The van der Waals surface area contributed by atoms with Gasteiger partial charge in [-0.1, -0.05) is 0 Å². The van der Waals surface area contributed by atoms with Crippen molar-refractivity contribution in [1.29, 1.82) is 0 Å². The van der Waals surface area contributed by atoms with Gasteiger partial charge in [0.15, 0.2) is 0 Å². The van der Waals surface area contributed by atoms with Crippen LogP contribution in [0.25, 0.3) is 0 Å². The number of piperidine rings is 1. The summed E-state index contributed by atoms with van der Waals surface area (Å²) in [5.74, 6) is 1.66. The highest BCUT2D eigenvalue weighted by Gasteiger charge is 2.20. The minimum Gasteiger partial charge on any atom is -0.497 e. The fourth-order valence-electron chi connectivity index (χ4n) is 3.02. The zero-order valence-corrected chi connectivity index (χ0v) is 15.7. The summed E-state index contributed by atoms with van der Waals surface area (Å²) in [6, 6.07) is 8.02. The van der Waals surface area contributed by atoms with Crippen LogP contribution in [0.5, 0.6) is 11.5 Å².